The van der Waals surface area contributed by atoms with Gasteiger partial charge in [-0.25, -0.2) is 4.98 Å². The Morgan fingerprint density at radius 3 is 2.61 bits per heavy atom. The van der Waals surface area contributed by atoms with E-state index >= 15 is 0 Å². The summed E-state index contributed by atoms with van der Waals surface area (Å²) in [6.45, 7) is 4.90. The number of anilines is 1. The molecule has 23 heavy (non-hydrogen) atoms. The molecule has 0 amide bonds. The van der Waals surface area contributed by atoms with E-state index in [2.05, 4.69) is 32.7 Å². The molecule has 0 aliphatic carbocycles. The normalized spacial score (nSPS) is 17.5. The van der Waals surface area contributed by atoms with Gasteiger partial charge in [0.05, 0.1) is 14.2 Å². The van der Waals surface area contributed by atoms with Crippen LogP contribution in [0, 0.1) is 6.92 Å². The number of nitrogens with one attached hydrogen (secondary N) is 1. The van der Waals surface area contributed by atoms with Crippen molar-refractivity contribution in [1.29, 1.82) is 0 Å². The van der Waals surface area contributed by atoms with Crippen LogP contribution >= 0.6 is 11.3 Å². The zero-order valence-corrected chi connectivity index (χ0v) is 14.7. The maximum atomic E-state index is 5.36. The average Bonchev–Trinajstić information content (AvgIpc) is 3.21. The van der Waals surface area contributed by atoms with Gasteiger partial charge in [-0.15, -0.1) is 11.3 Å². The molecule has 1 aliphatic rings. The Kier molecular flexibility index (Phi) is 5.03. The van der Waals surface area contributed by atoms with Crippen LogP contribution < -0.4 is 19.7 Å². The predicted octanol–water partition coefficient (Wildman–Crippen LogP) is 2.84. The smallest absolute Gasteiger partial charge is 0.124 e. The van der Waals surface area contributed by atoms with E-state index in [4.69, 9.17) is 9.47 Å². The quantitative estimate of drug-likeness (QED) is 0.881. The molecular formula is C17H23N3O2S. The number of benzene rings is 1. The molecule has 0 spiro atoms. The number of thiazole rings is 1. The molecule has 1 aromatic carbocycles. The number of aryl methyl sites for hydroxylation is 1. The highest BCUT2D eigenvalue weighted by Gasteiger charge is 2.23. The second-order valence-corrected chi connectivity index (χ2v) is 6.71. The Labute approximate surface area is 141 Å². The summed E-state index contributed by atoms with van der Waals surface area (Å²) < 4.78 is 10.7. The van der Waals surface area contributed by atoms with Crippen molar-refractivity contribution in [3.8, 4) is 11.5 Å². The number of methoxy groups -OCH3 is 2. The van der Waals surface area contributed by atoms with Crippen LogP contribution in [0.25, 0.3) is 0 Å². The van der Waals surface area contributed by atoms with Crippen molar-refractivity contribution in [1.82, 2.24) is 10.3 Å². The van der Waals surface area contributed by atoms with Crippen LogP contribution in [-0.4, -0.2) is 38.3 Å². The molecule has 0 radical (unpaired) electrons. The molecule has 1 fully saturated rings. The molecule has 0 bridgehead atoms. The van der Waals surface area contributed by atoms with Gasteiger partial charge in [0.15, 0.2) is 0 Å². The molecule has 1 N–H and O–H groups in total. The molecule has 5 nitrogen and oxygen atoms in total. The highest BCUT2D eigenvalue weighted by molar-refractivity contribution is 7.09. The Bertz CT molecular complexity index is 637. The monoisotopic (exact) mass is 333 g/mol. The van der Waals surface area contributed by atoms with Crippen LogP contribution in [-0.2, 0) is 6.54 Å². The van der Waals surface area contributed by atoms with Crippen molar-refractivity contribution in [3.63, 3.8) is 0 Å². The molecular weight excluding hydrogens is 310 g/mol. The standard InChI is InChI=1S/C17H23N3O2S/c1-12-11-23-17(19-12)9-18-13-4-5-20(10-13)14-6-15(21-2)8-16(7-14)22-3/h6-8,11,13,18H,4-5,9-10H2,1-3H3/t13-/m0/s1. The van der Waals surface area contributed by atoms with E-state index in [9.17, 15) is 0 Å². The SMILES string of the molecule is COc1cc(OC)cc(N2CC[C@H](NCc3nc(C)cs3)C2)c1. The predicted molar refractivity (Wildman–Crippen MR) is 93.9 cm³/mol. The zero-order chi connectivity index (χ0) is 16.2. The van der Waals surface area contributed by atoms with E-state index in [1.165, 1.54) is 0 Å². The second kappa shape index (κ2) is 7.19. The minimum atomic E-state index is 0.483. The van der Waals surface area contributed by atoms with Gasteiger partial charge in [-0.05, 0) is 13.3 Å². The first-order chi connectivity index (χ1) is 11.2. The lowest BCUT2D eigenvalue weighted by atomic mass is 10.2. The number of hydrogen-bond donors (Lipinski definition) is 1. The van der Waals surface area contributed by atoms with E-state index < -0.39 is 0 Å². The van der Waals surface area contributed by atoms with Gasteiger partial charge >= 0.3 is 0 Å². The molecule has 1 aliphatic heterocycles. The summed E-state index contributed by atoms with van der Waals surface area (Å²) in [7, 11) is 3.37. The molecule has 3 rings (SSSR count). The number of hydrogen-bond acceptors (Lipinski definition) is 6. The van der Waals surface area contributed by atoms with Gasteiger partial charge in [0.1, 0.15) is 16.5 Å². The Balaban J connectivity index is 1.60. The molecule has 6 heteroatoms. The van der Waals surface area contributed by atoms with E-state index in [1.54, 1.807) is 25.6 Å². The van der Waals surface area contributed by atoms with E-state index in [-0.39, 0.29) is 0 Å². The van der Waals surface area contributed by atoms with Gasteiger partial charge in [-0.3, -0.25) is 0 Å². The lowest BCUT2D eigenvalue weighted by molar-refractivity contribution is 0.394. The number of nitrogens with zero attached hydrogens (tertiary/aromatic N) is 2. The van der Waals surface area contributed by atoms with Crippen LogP contribution in [0.5, 0.6) is 11.5 Å². The van der Waals surface area contributed by atoms with Crippen LogP contribution in [0.2, 0.25) is 0 Å². The summed E-state index contributed by atoms with van der Waals surface area (Å²) in [5, 5.41) is 6.87. The third-order valence-corrected chi connectivity index (χ3v) is 5.06. The summed E-state index contributed by atoms with van der Waals surface area (Å²) in [4.78, 5) is 6.87. The fourth-order valence-electron chi connectivity index (χ4n) is 2.85. The molecule has 0 saturated carbocycles. The minimum absolute atomic E-state index is 0.483. The third kappa shape index (κ3) is 3.95. The minimum Gasteiger partial charge on any atom is -0.497 e. The molecule has 124 valence electrons. The highest BCUT2D eigenvalue weighted by Crippen LogP contribution is 2.30. The molecule has 1 atom stereocenters. The summed E-state index contributed by atoms with van der Waals surface area (Å²) >= 11 is 1.72. The van der Waals surface area contributed by atoms with Gasteiger partial charge in [-0.1, -0.05) is 0 Å². The first-order valence-corrected chi connectivity index (χ1v) is 8.68. The van der Waals surface area contributed by atoms with Crippen molar-refractivity contribution in [2.45, 2.75) is 25.9 Å². The molecule has 2 heterocycles. The lowest BCUT2D eigenvalue weighted by Gasteiger charge is -2.20. The van der Waals surface area contributed by atoms with Crippen LogP contribution in [0.4, 0.5) is 5.69 Å². The van der Waals surface area contributed by atoms with Crippen molar-refractivity contribution < 1.29 is 9.47 Å². The molecule has 0 unspecified atom stereocenters. The second-order valence-electron chi connectivity index (χ2n) is 5.77. The van der Waals surface area contributed by atoms with Gasteiger partial charge in [-0.2, -0.15) is 0 Å². The average molecular weight is 333 g/mol. The number of rotatable bonds is 6. The summed E-state index contributed by atoms with van der Waals surface area (Å²) in [6, 6.07) is 6.51. The summed E-state index contributed by atoms with van der Waals surface area (Å²) in [5.74, 6) is 1.66. The van der Waals surface area contributed by atoms with Crippen LogP contribution in [0.15, 0.2) is 23.6 Å². The van der Waals surface area contributed by atoms with E-state index in [0.717, 1.165) is 53.9 Å². The Morgan fingerprint density at radius 1 is 1.26 bits per heavy atom. The molecule has 2 aromatic rings. The lowest BCUT2D eigenvalue weighted by Crippen LogP contribution is -2.32. The Morgan fingerprint density at radius 2 is 2.00 bits per heavy atom. The van der Waals surface area contributed by atoms with Gasteiger partial charge in [0.25, 0.3) is 0 Å². The summed E-state index contributed by atoms with van der Waals surface area (Å²) in [6.07, 6.45) is 1.13. The number of ether oxygens (including phenoxy) is 2. The van der Waals surface area contributed by atoms with Crippen LogP contribution in [0.1, 0.15) is 17.1 Å². The largest absolute Gasteiger partial charge is 0.497 e. The maximum absolute atomic E-state index is 5.36. The topological polar surface area (TPSA) is 46.6 Å². The highest BCUT2D eigenvalue weighted by atomic mass is 32.1. The molecule has 1 aromatic heterocycles. The van der Waals surface area contributed by atoms with Crippen LogP contribution in [0.3, 0.4) is 0 Å². The number of aromatic nitrogens is 1. The first-order valence-electron chi connectivity index (χ1n) is 7.80. The van der Waals surface area contributed by atoms with Crippen molar-refractivity contribution in [2.75, 3.05) is 32.2 Å². The van der Waals surface area contributed by atoms with E-state index in [0.29, 0.717) is 6.04 Å². The first kappa shape index (κ1) is 16.1. The zero-order valence-electron chi connectivity index (χ0n) is 13.8. The van der Waals surface area contributed by atoms with Crippen molar-refractivity contribution in [2.24, 2.45) is 0 Å². The fourth-order valence-corrected chi connectivity index (χ4v) is 3.57. The van der Waals surface area contributed by atoms with Gasteiger partial charge < -0.3 is 19.7 Å². The fraction of sp³-hybridized carbons (Fsp3) is 0.471. The van der Waals surface area contributed by atoms with Crippen molar-refractivity contribution >= 4 is 17.0 Å². The maximum Gasteiger partial charge on any atom is 0.124 e. The van der Waals surface area contributed by atoms with Gasteiger partial charge in [0, 0.05) is 60.6 Å². The third-order valence-electron chi connectivity index (χ3n) is 4.10. The summed E-state index contributed by atoms with van der Waals surface area (Å²) in [5.41, 5.74) is 2.25. The Hall–Kier alpha value is -1.79. The molecule has 1 saturated heterocycles. The van der Waals surface area contributed by atoms with E-state index in [1.807, 2.05) is 13.0 Å². The van der Waals surface area contributed by atoms with Gasteiger partial charge in [0.2, 0.25) is 0 Å². The van der Waals surface area contributed by atoms with Crippen molar-refractivity contribution in [3.05, 3.63) is 34.3 Å².